The van der Waals surface area contributed by atoms with Crippen LogP contribution in [0.4, 0.5) is 0 Å². The predicted molar refractivity (Wildman–Crippen MR) is 62.3 cm³/mol. The molecule has 0 aliphatic carbocycles. The number of hydrogen-bond donors (Lipinski definition) is 0. The van der Waals surface area contributed by atoms with Crippen LogP contribution in [0.3, 0.4) is 0 Å². The minimum atomic E-state index is -0.318. The van der Waals surface area contributed by atoms with Gasteiger partial charge in [-0.25, -0.2) is 0 Å². The fourth-order valence-electron chi connectivity index (χ4n) is 1.70. The lowest BCUT2D eigenvalue weighted by atomic mass is 10.0. The van der Waals surface area contributed by atoms with E-state index in [0.717, 1.165) is 5.56 Å². The summed E-state index contributed by atoms with van der Waals surface area (Å²) < 4.78 is 15.4. The predicted octanol–water partition coefficient (Wildman–Crippen LogP) is 1.95. The molecule has 0 bridgehead atoms. The molecule has 1 aliphatic heterocycles. The maximum atomic E-state index is 12.1. The zero-order valence-electron chi connectivity index (χ0n) is 10.2. The standard InChI is InChI=1S/C13H16O4/c1-8-4-5-11(16-7-15-3)10(6-8)12(14)13-9(2)17-13/h4-6,9,13H,7H2,1-3H3/t9-,13-/m1/s1. The van der Waals surface area contributed by atoms with Gasteiger partial charge in [-0.3, -0.25) is 4.79 Å². The van der Waals surface area contributed by atoms with E-state index in [1.54, 1.807) is 13.2 Å². The van der Waals surface area contributed by atoms with Gasteiger partial charge in [0.25, 0.3) is 0 Å². The Labute approximate surface area is 100 Å². The Morgan fingerprint density at radius 2 is 2.18 bits per heavy atom. The first-order chi connectivity index (χ1) is 8.13. The van der Waals surface area contributed by atoms with Crippen molar-refractivity contribution in [2.75, 3.05) is 13.9 Å². The molecular formula is C13H16O4. The number of ether oxygens (including phenoxy) is 3. The number of benzene rings is 1. The summed E-state index contributed by atoms with van der Waals surface area (Å²) >= 11 is 0. The zero-order valence-corrected chi connectivity index (χ0v) is 10.2. The van der Waals surface area contributed by atoms with Gasteiger partial charge in [0.05, 0.1) is 11.7 Å². The number of Topliss-reactive ketones (excluding diaryl/α,β-unsaturated/α-hetero) is 1. The van der Waals surface area contributed by atoms with Crippen LogP contribution in [0.5, 0.6) is 5.75 Å². The first-order valence-electron chi connectivity index (χ1n) is 5.55. The summed E-state index contributed by atoms with van der Waals surface area (Å²) in [6.07, 6.45) is -0.306. The van der Waals surface area contributed by atoms with Crippen molar-refractivity contribution in [3.8, 4) is 5.75 Å². The van der Waals surface area contributed by atoms with Crippen LogP contribution in [0.2, 0.25) is 0 Å². The summed E-state index contributed by atoms with van der Waals surface area (Å²) in [6.45, 7) is 3.95. The highest BCUT2D eigenvalue weighted by Gasteiger charge is 2.42. The summed E-state index contributed by atoms with van der Waals surface area (Å²) in [5, 5.41) is 0. The number of hydrogen-bond acceptors (Lipinski definition) is 4. The molecule has 17 heavy (non-hydrogen) atoms. The lowest BCUT2D eigenvalue weighted by molar-refractivity contribution is 0.0501. The number of aryl methyl sites for hydroxylation is 1. The highest BCUT2D eigenvalue weighted by molar-refractivity contribution is 6.03. The number of carbonyl (C=O) groups excluding carboxylic acids is 1. The van der Waals surface area contributed by atoms with E-state index in [1.165, 1.54) is 0 Å². The summed E-state index contributed by atoms with van der Waals surface area (Å²) in [7, 11) is 1.54. The van der Waals surface area contributed by atoms with Gasteiger partial charge in [0, 0.05) is 7.11 Å². The van der Waals surface area contributed by atoms with Gasteiger partial charge in [0.15, 0.2) is 12.6 Å². The number of ketones is 1. The molecule has 4 heteroatoms. The number of epoxide rings is 1. The third-order valence-corrected chi connectivity index (χ3v) is 2.70. The van der Waals surface area contributed by atoms with Crippen molar-refractivity contribution in [1.82, 2.24) is 0 Å². The largest absolute Gasteiger partial charge is 0.467 e. The molecule has 0 aromatic heterocycles. The fraction of sp³-hybridized carbons (Fsp3) is 0.462. The second-order valence-electron chi connectivity index (χ2n) is 4.18. The highest BCUT2D eigenvalue weighted by atomic mass is 16.7. The van der Waals surface area contributed by atoms with Crippen LogP contribution in [-0.4, -0.2) is 31.9 Å². The van der Waals surface area contributed by atoms with Gasteiger partial charge >= 0.3 is 0 Å². The summed E-state index contributed by atoms with van der Waals surface area (Å²) in [5.74, 6) is 0.525. The monoisotopic (exact) mass is 236 g/mol. The molecule has 1 saturated heterocycles. The van der Waals surface area contributed by atoms with Gasteiger partial charge in [0.2, 0.25) is 0 Å². The van der Waals surface area contributed by atoms with Gasteiger partial charge in [-0.15, -0.1) is 0 Å². The SMILES string of the molecule is COCOc1ccc(C)cc1C(=O)[C@@H]1O[C@@H]1C. The molecule has 4 nitrogen and oxygen atoms in total. The van der Waals surface area contributed by atoms with Crippen LogP contribution in [0.25, 0.3) is 0 Å². The van der Waals surface area contributed by atoms with E-state index < -0.39 is 0 Å². The van der Waals surface area contributed by atoms with Gasteiger partial charge in [-0.2, -0.15) is 0 Å². The van der Waals surface area contributed by atoms with Gasteiger partial charge in [-0.1, -0.05) is 11.6 Å². The number of methoxy groups -OCH3 is 1. The van der Waals surface area contributed by atoms with E-state index in [9.17, 15) is 4.79 Å². The van der Waals surface area contributed by atoms with Crippen molar-refractivity contribution < 1.29 is 19.0 Å². The Kier molecular flexibility index (Phi) is 3.45. The Bertz CT molecular complexity index is 427. The highest BCUT2D eigenvalue weighted by Crippen LogP contribution is 2.30. The van der Waals surface area contributed by atoms with E-state index in [-0.39, 0.29) is 24.8 Å². The first-order valence-corrected chi connectivity index (χ1v) is 5.55. The van der Waals surface area contributed by atoms with Crippen LogP contribution < -0.4 is 4.74 Å². The topological polar surface area (TPSA) is 48.1 Å². The van der Waals surface area contributed by atoms with E-state index in [0.29, 0.717) is 11.3 Å². The molecule has 2 rings (SSSR count). The second kappa shape index (κ2) is 4.85. The Balaban J connectivity index is 2.23. The Hall–Kier alpha value is -1.39. The molecule has 1 fully saturated rings. The lowest BCUT2D eigenvalue weighted by Crippen LogP contribution is -2.12. The lowest BCUT2D eigenvalue weighted by Gasteiger charge is -2.10. The molecular weight excluding hydrogens is 220 g/mol. The van der Waals surface area contributed by atoms with Crippen LogP contribution in [0.1, 0.15) is 22.8 Å². The first kappa shape index (κ1) is 12.1. The summed E-state index contributed by atoms with van der Waals surface area (Å²) in [6, 6.07) is 5.51. The van der Waals surface area contributed by atoms with E-state index >= 15 is 0 Å². The van der Waals surface area contributed by atoms with E-state index in [4.69, 9.17) is 14.2 Å². The van der Waals surface area contributed by atoms with Gasteiger partial charge < -0.3 is 14.2 Å². The smallest absolute Gasteiger partial charge is 0.197 e. The van der Waals surface area contributed by atoms with E-state index in [1.807, 2.05) is 26.0 Å². The minimum Gasteiger partial charge on any atom is -0.467 e. The van der Waals surface area contributed by atoms with Gasteiger partial charge in [-0.05, 0) is 26.0 Å². The maximum Gasteiger partial charge on any atom is 0.197 e. The molecule has 0 amide bonds. The minimum absolute atomic E-state index is 0.0123. The van der Waals surface area contributed by atoms with Crippen molar-refractivity contribution in [2.24, 2.45) is 0 Å². The van der Waals surface area contributed by atoms with Crippen LogP contribution in [-0.2, 0) is 9.47 Å². The van der Waals surface area contributed by atoms with Crippen molar-refractivity contribution in [1.29, 1.82) is 0 Å². The van der Waals surface area contributed by atoms with Crippen molar-refractivity contribution in [3.63, 3.8) is 0 Å². The Morgan fingerprint density at radius 1 is 1.47 bits per heavy atom. The maximum absolute atomic E-state index is 12.1. The van der Waals surface area contributed by atoms with Crippen molar-refractivity contribution in [2.45, 2.75) is 26.1 Å². The molecule has 1 aliphatic rings. The van der Waals surface area contributed by atoms with Crippen LogP contribution >= 0.6 is 0 Å². The molecule has 1 aromatic carbocycles. The molecule has 92 valence electrons. The molecule has 0 N–H and O–H groups in total. The quantitative estimate of drug-likeness (QED) is 0.445. The molecule has 1 heterocycles. The molecule has 1 aromatic rings. The van der Waals surface area contributed by atoms with Crippen molar-refractivity contribution in [3.05, 3.63) is 29.3 Å². The number of rotatable bonds is 5. The fourth-order valence-corrected chi connectivity index (χ4v) is 1.70. The second-order valence-corrected chi connectivity index (χ2v) is 4.18. The Morgan fingerprint density at radius 3 is 2.76 bits per heavy atom. The van der Waals surface area contributed by atoms with E-state index in [2.05, 4.69) is 0 Å². The van der Waals surface area contributed by atoms with Crippen LogP contribution in [0, 0.1) is 6.92 Å². The molecule has 0 radical (unpaired) electrons. The average molecular weight is 236 g/mol. The summed E-state index contributed by atoms with van der Waals surface area (Å²) in [4.78, 5) is 12.1. The molecule has 0 spiro atoms. The zero-order chi connectivity index (χ0) is 12.4. The molecule has 0 unspecified atom stereocenters. The normalized spacial score (nSPS) is 22.3. The third kappa shape index (κ3) is 2.65. The van der Waals surface area contributed by atoms with Crippen molar-refractivity contribution >= 4 is 5.78 Å². The third-order valence-electron chi connectivity index (χ3n) is 2.70. The summed E-state index contributed by atoms with van der Waals surface area (Å²) in [5.41, 5.74) is 1.59. The molecule has 2 atom stereocenters. The number of carbonyl (C=O) groups is 1. The molecule has 0 saturated carbocycles. The average Bonchev–Trinajstić information content (AvgIpc) is 3.04. The van der Waals surface area contributed by atoms with Gasteiger partial charge in [0.1, 0.15) is 11.9 Å². The van der Waals surface area contributed by atoms with Crippen LogP contribution in [0.15, 0.2) is 18.2 Å².